The summed E-state index contributed by atoms with van der Waals surface area (Å²) in [7, 11) is 0. The molecule has 2 aromatic heterocycles. The van der Waals surface area contributed by atoms with Crippen LogP contribution in [0.4, 0.5) is 19.0 Å². The third kappa shape index (κ3) is 4.27. The Morgan fingerprint density at radius 1 is 1.11 bits per heavy atom. The molecule has 1 aliphatic heterocycles. The number of imidazole rings is 1. The quantitative estimate of drug-likeness (QED) is 0.373. The molecule has 0 N–H and O–H groups in total. The lowest BCUT2D eigenvalue weighted by Crippen LogP contribution is -2.41. The number of hydrogen-bond donors (Lipinski definition) is 0. The summed E-state index contributed by atoms with van der Waals surface area (Å²) in [5.41, 5.74) is 3.01. The molecule has 1 saturated heterocycles. The maximum absolute atomic E-state index is 13.3. The molecular weight excluding hydrogens is 473 g/mol. The van der Waals surface area contributed by atoms with E-state index in [1.54, 1.807) is 36.0 Å². The number of nitrogens with zero attached hydrogens (tertiary/aromatic N) is 4. The average Bonchev–Trinajstić information content (AvgIpc) is 3.42. The van der Waals surface area contributed by atoms with Gasteiger partial charge in [0.25, 0.3) is 0 Å². The van der Waals surface area contributed by atoms with E-state index < -0.39 is 16.8 Å². The number of benzene rings is 1. The van der Waals surface area contributed by atoms with E-state index in [1.807, 2.05) is 0 Å². The van der Waals surface area contributed by atoms with E-state index in [2.05, 4.69) is 45.7 Å². The van der Waals surface area contributed by atoms with Crippen molar-refractivity contribution in [3.05, 3.63) is 89.1 Å². The average molecular weight is 499 g/mol. The summed E-state index contributed by atoms with van der Waals surface area (Å²) in [5.74, 6) is 1.10. The van der Waals surface area contributed by atoms with E-state index in [1.165, 1.54) is 17.2 Å². The molecule has 2 aliphatic rings. The van der Waals surface area contributed by atoms with Crippen molar-refractivity contribution in [1.29, 1.82) is 0 Å². The first kappa shape index (κ1) is 23.7. The predicted molar refractivity (Wildman–Crippen MR) is 133 cm³/mol. The molecule has 0 saturated carbocycles. The van der Waals surface area contributed by atoms with Crippen LogP contribution in [-0.2, 0) is 12.8 Å². The largest absolute Gasteiger partial charge is 0.417 e. The van der Waals surface area contributed by atoms with Gasteiger partial charge in [-0.15, -0.1) is 0 Å². The number of halogens is 4. The Morgan fingerprint density at radius 3 is 2.37 bits per heavy atom. The van der Waals surface area contributed by atoms with Crippen molar-refractivity contribution in [2.75, 3.05) is 18.0 Å². The molecule has 1 aromatic carbocycles. The summed E-state index contributed by atoms with van der Waals surface area (Å²) in [6.45, 7) is 6.60. The third-order valence-corrected chi connectivity index (χ3v) is 7.66. The van der Waals surface area contributed by atoms with E-state index in [0.29, 0.717) is 11.2 Å². The zero-order valence-corrected chi connectivity index (χ0v) is 20.2. The monoisotopic (exact) mass is 498 g/mol. The first-order valence-corrected chi connectivity index (χ1v) is 12.0. The maximum atomic E-state index is 13.3. The Balaban J connectivity index is 1.44. The van der Waals surface area contributed by atoms with Gasteiger partial charge >= 0.3 is 6.18 Å². The molecule has 0 unspecified atom stereocenters. The Hall–Kier alpha value is -3.06. The van der Waals surface area contributed by atoms with Gasteiger partial charge in [-0.05, 0) is 49.1 Å². The lowest BCUT2D eigenvalue weighted by Gasteiger charge is -2.40. The van der Waals surface area contributed by atoms with Crippen LogP contribution in [0.2, 0.25) is 0 Å². The lowest BCUT2D eigenvalue weighted by atomic mass is 9.76. The normalized spacial score (nSPS) is 18.4. The molecule has 5 rings (SSSR count). The molecule has 0 amide bonds. The number of rotatable bonds is 4. The second kappa shape index (κ2) is 8.86. The van der Waals surface area contributed by atoms with Crippen molar-refractivity contribution in [1.82, 2.24) is 14.4 Å². The highest BCUT2D eigenvalue weighted by Crippen LogP contribution is 2.45. The van der Waals surface area contributed by atoms with Crippen LogP contribution in [0.25, 0.3) is 11.1 Å². The number of aromatic nitrogens is 3. The number of allylic oxidation sites excluding steroid dienone is 5. The topological polar surface area (TPSA) is 33.4 Å². The van der Waals surface area contributed by atoms with Gasteiger partial charge in [0.1, 0.15) is 11.3 Å². The zero-order chi connectivity index (χ0) is 24.8. The van der Waals surface area contributed by atoms with E-state index >= 15 is 0 Å². The fourth-order valence-electron chi connectivity index (χ4n) is 5.38. The summed E-state index contributed by atoms with van der Waals surface area (Å²) in [4.78, 5) is 11.3. The van der Waals surface area contributed by atoms with Crippen molar-refractivity contribution < 1.29 is 13.2 Å². The van der Waals surface area contributed by atoms with E-state index in [0.717, 1.165) is 50.1 Å². The van der Waals surface area contributed by atoms with Gasteiger partial charge in [-0.1, -0.05) is 54.6 Å². The smallest absolute Gasteiger partial charge is 0.355 e. The van der Waals surface area contributed by atoms with Crippen LogP contribution in [0.3, 0.4) is 0 Å². The number of hydrogen-bond acceptors (Lipinski definition) is 3. The van der Waals surface area contributed by atoms with E-state index in [-0.39, 0.29) is 5.57 Å². The molecule has 1 aliphatic carbocycles. The van der Waals surface area contributed by atoms with Crippen LogP contribution < -0.4 is 4.90 Å². The number of fused-ring (bicyclic) bond motifs is 2. The minimum atomic E-state index is -4.63. The lowest BCUT2D eigenvalue weighted by molar-refractivity contribution is -0.0882. The van der Waals surface area contributed by atoms with Gasteiger partial charge in [0.05, 0.1) is 16.8 Å². The summed E-state index contributed by atoms with van der Waals surface area (Å²) >= 11 is 6.18. The van der Waals surface area contributed by atoms with Crippen LogP contribution in [-0.4, -0.2) is 33.6 Å². The highest BCUT2D eigenvalue weighted by Gasteiger charge is 2.40. The Kier molecular flexibility index (Phi) is 5.99. The van der Waals surface area contributed by atoms with Crippen LogP contribution in [0.15, 0.2) is 72.2 Å². The van der Waals surface area contributed by atoms with Gasteiger partial charge in [0.15, 0.2) is 5.82 Å². The van der Waals surface area contributed by atoms with Gasteiger partial charge in [-0.3, -0.25) is 4.40 Å². The molecule has 0 bridgehead atoms. The van der Waals surface area contributed by atoms with Crippen molar-refractivity contribution in [3.63, 3.8) is 0 Å². The van der Waals surface area contributed by atoms with Crippen LogP contribution in [0, 0.1) is 5.41 Å². The highest BCUT2D eigenvalue weighted by molar-refractivity contribution is 6.35. The molecular formula is C27H26ClF3N4. The fourth-order valence-corrected chi connectivity index (χ4v) is 5.63. The number of anilines is 1. The van der Waals surface area contributed by atoms with Gasteiger partial charge in [0, 0.05) is 31.1 Å². The predicted octanol–water partition coefficient (Wildman–Crippen LogP) is 6.76. The van der Waals surface area contributed by atoms with Crippen molar-refractivity contribution in [2.24, 2.45) is 5.41 Å². The molecule has 3 heterocycles. The fraction of sp³-hybridized carbons (Fsp3) is 0.333. The molecule has 182 valence electrons. The highest BCUT2D eigenvalue weighted by atomic mass is 35.5. The molecule has 1 fully saturated rings. The molecule has 1 spiro atoms. The van der Waals surface area contributed by atoms with E-state index in [4.69, 9.17) is 11.6 Å². The first-order valence-electron chi connectivity index (χ1n) is 11.7. The minimum Gasteiger partial charge on any atom is -0.355 e. The summed E-state index contributed by atoms with van der Waals surface area (Å²) in [6.07, 6.45) is 7.89. The van der Waals surface area contributed by atoms with Crippen molar-refractivity contribution in [2.45, 2.75) is 38.8 Å². The molecule has 0 atom stereocenters. The SMILES string of the molecule is C=C(/C(Cl)=C(\C=C/C)c1ncc2c(N3CCC4(CC3)Cc3ccccc3C4)nccn12)C(F)(F)F. The Labute approximate surface area is 207 Å². The minimum absolute atomic E-state index is 0.162. The summed E-state index contributed by atoms with van der Waals surface area (Å²) < 4.78 is 41.6. The molecule has 4 nitrogen and oxygen atoms in total. The van der Waals surface area contributed by atoms with Gasteiger partial charge in [-0.2, -0.15) is 13.2 Å². The molecule has 8 heteroatoms. The number of piperidine rings is 1. The van der Waals surface area contributed by atoms with Crippen LogP contribution >= 0.6 is 11.6 Å². The zero-order valence-electron chi connectivity index (χ0n) is 19.4. The first-order chi connectivity index (χ1) is 16.7. The number of alkyl halides is 3. The second-order valence-corrected chi connectivity index (χ2v) is 9.78. The molecule has 35 heavy (non-hydrogen) atoms. The van der Waals surface area contributed by atoms with Crippen LogP contribution in [0.1, 0.15) is 36.7 Å². The standard InChI is InChI=1S/C27H26ClF3N4/c1-3-6-21(23(28)18(2)27(29,30)31)24-33-17-22-25(32-11-14-35(22)24)34-12-9-26(10-13-34)15-19-7-4-5-8-20(19)16-26/h3-8,11,14,17H,2,9-10,12-13,15-16H2,1H3/b6-3-,23-21-. The van der Waals surface area contributed by atoms with Crippen LogP contribution in [0.5, 0.6) is 0 Å². The van der Waals surface area contributed by atoms with Gasteiger partial charge < -0.3 is 4.90 Å². The second-order valence-electron chi connectivity index (χ2n) is 9.40. The van der Waals surface area contributed by atoms with Gasteiger partial charge in [0.2, 0.25) is 0 Å². The van der Waals surface area contributed by atoms with Crippen molar-refractivity contribution >= 4 is 28.5 Å². The van der Waals surface area contributed by atoms with E-state index in [9.17, 15) is 13.2 Å². The Bertz CT molecular complexity index is 1320. The Morgan fingerprint density at radius 2 is 1.77 bits per heavy atom. The maximum Gasteiger partial charge on any atom is 0.417 e. The summed E-state index contributed by atoms with van der Waals surface area (Å²) in [5, 5.41) is -0.470. The molecule has 3 aromatic rings. The van der Waals surface area contributed by atoms with Crippen molar-refractivity contribution in [3.8, 4) is 0 Å². The van der Waals surface area contributed by atoms with Gasteiger partial charge in [-0.25, -0.2) is 9.97 Å². The summed E-state index contributed by atoms with van der Waals surface area (Å²) in [6, 6.07) is 8.70. The molecule has 0 radical (unpaired) electrons. The third-order valence-electron chi connectivity index (χ3n) is 7.23.